The molecule has 1 aromatic carbocycles. The maximum Gasteiger partial charge on any atom is 0.309 e. The fraction of sp³-hybridized carbons (Fsp3) is 0.455. The quantitative estimate of drug-likeness (QED) is 0.706. The number of carbonyl (C=O) groups is 3. The van der Waals surface area contributed by atoms with Crippen molar-refractivity contribution in [3.63, 3.8) is 0 Å². The van der Waals surface area contributed by atoms with Crippen molar-refractivity contribution in [2.45, 2.75) is 39.3 Å². The van der Waals surface area contributed by atoms with Crippen LogP contribution in [0.2, 0.25) is 0 Å². The monoisotopic (exact) mass is 410 g/mol. The van der Waals surface area contributed by atoms with Crippen molar-refractivity contribution >= 4 is 23.6 Å². The van der Waals surface area contributed by atoms with Crippen LogP contribution in [-0.2, 0) is 27.4 Å². The van der Waals surface area contributed by atoms with Crippen molar-refractivity contribution in [3.05, 3.63) is 47.7 Å². The number of piperidine rings is 1. The van der Waals surface area contributed by atoms with Crippen LogP contribution in [0, 0.1) is 5.92 Å². The Kier molecular flexibility index (Phi) is 5.83. The van der Waals surface area contributed by atoms with E-state index in [0.29, 0.717) is 57.6 Å². The number of fused-ring (bicyclic) bond motifs is 1. The van der Waals surface area contributed by atoms with E-state index in [4.69, 9.17) is 4.74 Å². The first kappa shape index (κ1) is 20.1. The van der Waals surface area contributed by atoms with Crippen LogP contribution < -0.4 is 4.90 Å². The van der Waals surface area contributed by atoms with Crippen molar-refractivity contribution in [3.8, 4) is 0 Å². The van der Waals surface area contributed by atoms with Gasteiger partial charge in [0.2, 0.25) is 5.91 Å². The van der Waals surface area contributed by atoms with Gasteiger partial charge in [0.05, 0.1) is 31.8 Å². The molecule has 3 heterocycles. The number of rotatable bonds is 5. The minimum absolute atomic E-state index is 0.0315. The van der Waals surface area contributed by atoms with Gasteiger partial charge in [-0.3, -0.25) is 19.3 Å². The van der Waals surface area contributed by atoms with Gasteiger partial charge >= 0.3 is 5.97 Å². The number of nitrogens with zero attached hydrogens (tertiary/aromatic N) is 4. The molecule has 0 unspecified atom stereocenters. The number of hydrogen-bond donors (Lipinski definition) is 0. The summed E-state index contributed by atoms with van der Waals surface area (Å²) in [6.45, 7) is 4.35. The van der Waals surface area contributed by atoms with Gasteiger partial charge in [-0.15, -0.1) is 0 Å². The lowest BCUT2D eigenvalue weighted by atomic mass is 9.96. The molecule has 158 valence electrons. The van der Waals surface area contributed by atoms with Gasteiger partial charge < -0.3 is 9.64 Å². The maximum atomic E-state index is 12.8. The molecule has 0 radical (unpaired) electrons. The average Bonchev–Trinajstić information content (AvgIpc) is 3.25. The van der Waals surface area contributed by atoms with Crippen LogP contribution in [0.3, 0.4) is 0 Å². The number of benzene rings is 1. The van der Waals surface area contributed by atoms with Gasteiger partial charge in [-0.2, -0.15) is 5.10 Å². The van der Waals surface area contributed by atoms with Gasteiger partial charge in [-0.1, -0.05) is 12.1 Å². The van der Waals surface area contributed by atoms with Gasteiger partial charge in [-0.25, -0.2) is 4.68 Å². The molecule has 2 amide bonds. The third-order valence-electron chi connectivity index (χ3n) is 5.75. The molecule has 0 bridgehead atoms. The summed E-state index contributed by atoms with van der Waals surface area (Å²) in [6.07, 6.45) is 3.40. The molecule has 0 aliphatic carbocycles. The van der Waals surface area contributed by atoms with Crippen molar-refractivity contribution < 1.29 is 19.1 Å². The molecule has 4 rings (SSSR count). The number of ether oxygens (including phenoxy) is 1. The van der Waals surface area contributed by atoms with E-state index in [-0.39, 0.29) is 23.7 Å². The second-order valence-corrected chi connectivity index (χ2v) is 7.66. The maximum absolute atomic E-state index is 12.8. The summed E-state index contributed by atoms with van der Waals surface area (Å²) in [5, 5.41) is 4.24. The normalized spacial score (nSPS) is 17.0. The predicted octanol–water partition coefficient (Wildman–Crippen LogP) is 2.24. The van der Waals surface area contributed by atoms with Crippen molar-refractivity contribution in [2.24, 2.45) is 5.92 Å². The van der Waals surface area contributed by atoms with Gasteiger partial charge in [0, 0.05) is 31.1 Å². The van der Waals surface area contributed by atoms with Crippen LogP contribution in [0.1, 0.15) is 42.1 Å². The first-order valence-corrected chi connectivity index (χ1v) is 10.4. The molecule has 30 heavy (non-hydrogen) atoms. The molecule has 1 aromatic heterocycles. The highest BCUT2D eigenvalue weighted by Crippen LogP contribution is 2.24. The van der Waals surface area contributed by atoms with E-state index in [1.807, 2.05) is 22.9 Å². The molecular formula is C22H26N4O4. The highest BCUT2D eigenvalue weighted by Gasteiger charge is 2.29. The number of aromatic nitrogens is 2. The second kappa shape index (κ2) is 8.69. The fourth-order valence-electron chi connectivity index (χ4n) is 4.06. The van der Waals surface area contributed by atoms with E-state index in [9.17, 15) is 14.4 Å². The Balaban J connectivity index is 1.37. The van der Waals surface area contributed by atoms with Crippen molar-refractivity contribution in [1.29, 1.82) is 0 Å². The summed E-state index contributed by atoms with van der Waals surface area (Å²) in [5.41, 5.74) is 1.57. The Morgan fingerprint density at radius 2 is 1.83 bits per heavy atom. The van der Waals surface area contributed by atoms with E-state index in [1.165, 1.54) is 0 Å². The van der Waals surface area contributed by atoms with Crippen LogP contribution in [0.5, 0.6) is 0 Å². The van der Waals surface area contributed by atoms with Gasteiger partial charge in [-0.05, 0) is 37.5 Å². The second-order valence-electron chi connectivity index (χ2n) is 7.66. The summed E-state index contributed by atoms with van der Waals surface area (Å²) in [6, 6.07) is 9.24. The number of amides is 2. The topological polar surface area (TPSA) is 84.7 Å². The van der Waals surface area contributed by atoms with E-state index >= 15 is 0 Å². The summed E-state index contributed by atoms with van der Waals surface area (Å²) in [4.78, 5) is 40.6. The smallest absolute Gasteiger partial charge is 0.309 e. The van der Waals surface area contributed by atoms with Gasteiger partial charge in [0.15, 0.2) is 0 Å². The summed E-state index contributed by atoms with van der Waals surface area (Å²) >= 11 is 0. The highest BCUT2D eigenvalue weighted by atomic mass is 16.5. The van der Waals surface area contributed by atoms with E-state index in [2.05, 4.69) is 5.10 Å². The predicted molar refractivity (Wildman–Crippen MR) is 110 cm³/mol. The van der Waals surface area contributed by atoms with Gasteiger partial charge in [0.25, 0.3) is 5.91 Å². The first-order chi connectivity index (χ1) is 14.6. The SMILES string of the molecule is CCOC(=O)C1CCN(C(=O)c2ccc(CN3C(=O)CCn4nccc43)cc2)CC1. The first-order valence-electron chi connectivity index (χ1n) is 10.4. The van der Waals surface area contributed by atoms with Crippen LogP contribution in [0.4, 0.5) is 5.82 Å². The molecule has 2 aliphatic rings. The molecule has 0 atom stereocenters. The number of esters is 1. The molecule has 8 heteroatoms. The standard InChI is InChI=1S/C22H26N4O4/c1-2-30-22(29)18-8-12-24(13-9-18)21(28)17-5-3-16(4-6-17)15-25-19-7-11-23-26(19)14-10-20(25)27/h3-7,11,18H,2,8-10,12-15H2,1H3. The fourth-order valence-corrected chi connectivity index (χ4v) is 4.06. The number of anilines is 1. The number of hydrogen-bond acceptors (Lipinski definition) is 5. The van der Waals surface area contributed by atoms with Crippen LogP contribution in [0.15, 0.2) is 36.5 Å². The zero-order valence-electron chi connectivity index (χ0n) is 17.1. The Labute approximate surface area is 175 Å². The third kappa shape index (κ3) is 4.08. The lowest BCUT2D eigenvalue weighted by molar-refractivity contribution is -0.149. The van der Waals surface area contributed by atoms with Crippen LogP contribution in [0.25, 0.3) is 0 Å². The molecule has 1 fully saturated rings. The Bertz CT molecular complexity index is 929. The lowest BCUT2D eigenvalue weighted by Gasteiger charge is -2.31. The van der Waals surface area contributed by atoms with Crippen LogP contribution >= 0.6 is 0 Å². The molecule has 0 saturated carbocycles. The molecular weight excluding hydrogens is 384 g/mol. The molecule has 0 N–H and O–H groups in total. The molecule has 2 aliphatic heterocycles. The Morgan fingerprint density at radius 1 is 1.10 bits per heavy atom. The Morgan fingerprint density at radius 3 is 2.53 bits per heavy atom. The largest absolute Gasteiger partial charge is 0.466 e. The highest BCUT2D eigenvalue weighted by molar-refractivity contribution is 5.95. The minimum atomic E-state index is -0.164. The van der Waals surface area contributed by atoms with Crippen molar-refractivity contribution in [1.82, 2.24) is 14.7 Å². The van der Waals surface area contributed by atoms with Gasteiger partial charge in [0.1, 0.15) is 5.82 Å². The van der Waals surface area contributed by atoms with Crippen LogP contribution in [-0.4, -0.2) is 52.2 Å². The molecule has 2 aromatic rings. The zero-order chi connectivity index (χ0) is 21.1. The number of aryl methyl sites for hydroxylation is 1. The molecule has 1 saturated heterocycles. The van der Waals surface area contributed by atoms with E-state index in [0.717, 1.165) is 11.4 Å². The average molecular weight is 410 g/mol. The van der Waals surface area contributed by atoms with E-state index in [1.54, 1.807) is 35.1 Å². The van der Waals surface area contributed by atoms with E-state index < -0.39 is 0 Å². The lowest BCUT2D eigenvalue weighted by Crippen LogP contribution is -2.40. The van der Waals surface area contributed by atoms with Crippen molar-refractivity contribution in [2.75, 3.05) is 24.6 Å². The molecule has 0 spiro atoms. The Hall–Kier alpha value is -3.16. The minimum Gasteiger partial charge on any atom is -0.466 e. The number of likely N-dealkylation sites (tertiary alicyclic amines) is 1. The summed E-state index contributed by atoms with van der Waals surface area (Å²) < 4.78 is 6.92. The summed E-state index contributed by atoms with van der Waals surface area (Å²) in [7, 11) is 0. The third-order valence-corrected chi connectivity index (χ3v) is 5.75. The zero-order valence-corrected chi connectivity index (χ0v) is 17.1. The number of carbonyl (C=O) groups excluding carboxylic acids is 3. The summed E-state index contributed by atoms with van der Waals surface area (Å²) in [5.74, 6) is 0.564. The molecule has 8 nitrogen and oxygen atoms in total.